The van der Waals surface area contributed by atoms with E-state index in [1.807, 2.05) is 0 Å². The highest BCUT2D eigenvalue weighted by Gasteiger charge is 2.27. The fourth-order valence-corrected chi connectivity index (χ4v) is 4.83. The van der Waals surface area contributed by atoms with Gasteiger partial charge in [0.25, 0.3) is 5.91 Å². The molecule has 166 valence electrons. The number of carboxylic acids is 1. The Kier molecular flexibility index (Phi) is 6.23. The smallest absolute Gasteiger partial charge is 0.339 e. The predicted octanol–water partition coefficient (Wildman–Crippen LogP) is 3.71. The van der Waals surface area contributed by atoms with Gasteiger partial charge in [-0.2, -0.15) is 0 Å². The van der Waals surface area contributed by atoms with E-state index < -0.39 is 12.1 Å². The molecule has 1 aromatic heterocycles. The van der Waals surface area contributed by atoms with Gasteiger partial charge in [0, 0.05) is 23.6 Å². The van der Waals surface area contributed by atoms with E-state index in [1.165, 1.54) is 0 Å². The van der Waals surface area contributed by atoms with Crippen LogP contribution in [0.1, 0.15) is 50.2 Å². The van der Waals surface area contributed by atoms with Crippen LogP contribution in [-0.2, 0) is 22.4 Å². The molecule has 0 radical (unpaired) electrons. The lowest BCUT2D eigenvalue weighted by molar-refractivity contribution is -0.143. The van der Waals surface area contributed by atoms with Crippen molar-refractivity contribution in [2.75, 3.05) is 6.54 Å². The number of hydrogen-bond acceptors (Lipinski definition) is 5. The Hall–Kier alpha value is -2.54. The zero-order valence-corrected chi connectivity index (χ0v) is 18.2. The van der Waals surface area contributed by atoms with Crippen LogP contribution in [0.2, 0.25) is 5.02 Å². The van der Waals surface area contributed by atoms with Crippen LogP contribution in [0.3, 0.4) is 0 Å². The number of ether oxygens (including phenoxy) is 1. The van der Waals surface area contributed by atoms with E-state index in [-0.39, 0.29) is 23.4 Å². The van der Waals surface area contributed by atoms with Crippen molar-refractivity contribution in [3.8, 4) is 5.75 Å². The molecule has 1 aromatic carbocycles. The van der Waals surface area contributed by atoms with E-state index in [4.69, 9.17) is 25.9 Å². The lowest BCUT2D eigenvalue weighted by Crippen LogP contribution is -2.39. The Morgan fingerprint density at radius 1 is 1.23 bits per heavy atom. The minimum Gasteiger partial charge on any atom is -0.481 e. The molecular weight excluding hydrogens is 422 g/mol. The molecule has 1 saturated carbocycles. The Morgan fingerprint density at radius 2 is 1.94 bits per heavy atom. The van der Waals surface area contributed by atoms with E-state index >= 15 is 0 Å². The van der Waals surface area contributed by atoms with Crippen LogP contribution in [0.4, 0.5) is 0 Å². The highest BCUT2D eigenvalue weighted by atomic mass is 35.5. The summed E-state index contributed by atoms with van der Waals surface area (Å²) in [6.07, 6.45) is 4.53. The number of carbonyl (C=O) groups is 2. The zero-order chi connectivity index (χ0) is 22.1. The number of rotatable bonds is 6. The lowest BCUT2D eigenvalue weighted by atomic mass is 9.82. The highest BCUT2D eigenvalue weighted by Crippen LogP contribution is 2.35. The molecule has 2 aliphatic carbocycles. The van der Waals surface area contributed by atoms with Crippen LogP contribution in [0.25, 0.3) is 11.0 Å². The molecule has 0 bridgehead atoms. The fraction of sp³-hybridized carbons (Fsp3) is 0.522. The topological polar surface area (TPSA) is 106 Å². The summed E-state index contributed by atoms with van der Waals surface area (Å²) in [6, 6.07) is 3.32. The summed E-state index contributed by atoms with van der Waals surface area (Å²) in [5, 5.41) is 13.2. The third kappa shape index (κ3) is 4.56. The second-order valence-corrected chi connectivity index (χ2v) is 8.95. The van der Waals surface area contributed by atoms with Crippen LogP contribution in [0.5, 0.6) is 5.75 Å². The maximum absolute atomic E-state index is 12.5. The van der Waals surface area contributed by atoms with Gasteiger partial charge >= 0.3 is 11.6 Å². The number of carboxylic acid groups (broad SMARTS) is 1. The summed E-state index contributed by atoms with van der Waals surface area (Å²) in [6.45, 7) is 2.13. The largest absolute Gasteiger partial charge is 0.481 e. The minimum absolute atomic E-state index is 0.271. The molecule has 1 amide bonds. The van der Waals surface area contributed by atoms with Crippen molar-refractivity contribution in [2.24, 2.45) is 11.8 Å². The van der Waals surface area contributed by atoms with Crippen LogP contribution in [0.15, 0.2) is 21.3 Å². The van der Waals surface area contributed by atoms with Gasteiger partial charge in [-0.1, -0.05) is 11.6 Å². The molecule has 1 atom stereocenters. The first-order chi connectivity index (χ1) is 14.8. The standard InChI is InChI=1S/C23H26ClNO6/c1-12(21(26)25-11-13-5-7-14(8-6-13)22(27)28)30-20-10-19-17(9-18(20)24)15-3-2-4-16(15)23(29)31-19/h9-10,12-14H,2-8,11H2,1H3,(H,25,26)(H,27,28)/t12-,13?,14?/m1/s1. The van der Waals surface area contributed by atoms with Crippen LogP contribution >= 0.6 is 11.6 Å². The highest BCUT2D eigenvalue weighted by molar-refractivity contribution is 6.32. The first-order valence-electron chi connectivity index (χ1n) is 10.8. The van der Waals surface area contributed by atoms with E-state index in [9.17, 15) is 14.4 Å². The monoisotopic (exact) mass is 447 g/mol. The number of nitrogens with one attached hydrogen (secondary N) is 1. The van der Waals surface area contributed by atoms with Crippen molar-refractivity contribution in [3.05, 3.63) is 38.7 Å². The SMILES string of the molecule is C[C@@H](Oc1cc2oc(=O)c3c(c2cc1Cl)CCC3)C(=O)NCC1CCC(C(=O)O)CC1. The van der Waals surface area contributed by atoms with Gasteiger partial charge in [0.15, 0.2) is 6.10 Å². The average Bonchev–Trinajstić information content (AvgIpc) is 3.24. The molecule has 0 aliphatic heterocycles. The van der Waals surface area contributed by atoms with Crippen LogP contribution < -0.4 is 15.7 Å². The number of amides is 1. The molecule has 0 saturated heterocycles. The van der Waals surface area contributed by atoms with Gasteiger partial charge in [-0.25, -0.2) is 4.79 Å². The third-order valence-corrected chi connectivity index (χ3v) is 6.76. The molecule has 8 heteroatoms. The summed E-state index contributed by atoms with van der Waals surface area (Å²) in [7, 11) is 0. The van der Waals surface area contributed by atoms with E-state index in [0.717, 1.165) is 48.6 Å². The van der Waals surface area contributed by atoms with Gasteiger partial charge in [0.2, 0.25) is 0 Å². The molecule has 1 heterocycles. The maximum Gasteiger partial charge on any atom is 0.339 e. The predicted molar refractivity (Wildman–Crippen MR) is 116 cm³/mol. The van der Waals surface area contributed by atoms with Crippen molar-refractivity contribution in [1.82, 2.24) is 5.32 Å². The molecule has 0 spiro atoms. The zero-order valence-electron chi connectivity index (χ0n) is 17.4. The summed E-state index contributed by atoms with van der Waals surface area (Å²) >= 11 is 6.41. The first kappa shape index (κ1) is 21.7. The molecule has 4 rings (SSSR count). The number of fused-ring (bicyclic) bond motifs is 3. The van der Waals surface area contributed by atoms with Gasteiger partial charge in [-0.15, -0.1) is 0 Å². The molecule has 2 N–H and O–H groups in total. The van der Waals surface area contributed by atoms with E-state index in [0.29, 0.717) is 35.7 Å². The van der Waals surface area contributed by atoms with Gasteiger partial charge in [0.05, 0.1) is 10.9 Å². The second kappa shape index (κ2) is 8.91. The Morgan fingerprint density at radius 3 is 2.65 bits per heavy atom. The quantitative estimate of drug-likeness (QED) is 0.654. The Labute approximate surface area is 184 Å². The number of aliphatic carboxylic acids is 1. The van der Waals surface area contributed by atoms with Crippen molar-refractivity contribution >= 4 is 34.4 Å². The summed E-state index contributed by atoms with van der Waals surface area (Å²) < 4.78 is 11.2. The van der Waals surface area contributed by atoms with Crippen molar-refractivity contribution in [1.29, 1.82) is 0 Å². The summed E-state index contributed by atoms with van der Waals surface area (Å²) in [5.74, 6) is -0.720. The number of aryl methyl sites for hydroxylation is 1. The van der Waals surface area contributed by atoms with Crippen molar-refractivity contribution in [2.45, 2.75) is 58.0 Å². The molecule has 7 nitrogen and oxygen atoms in total. The Balaban J connectivity index is 1.39. The van der Waals surface area contributed by atoms with E-state index in [2.05, 4.69) is 5.32 Å². The number of benzene rings is 1. The first-order valence-corrected chi connectivity index (χ1v) is 11.2. The fourth-order valence-electron chi connectivity index (χ4n) is 4.62. The molecule has 2 aromatic rings. The van der Waals surface area contributed by atoms with Gasteiger partial charge in [0.1, 0.15) is 11.3 Å². The lowest BCUT2D eigenvalue weighted by Gasteiger charge is -2.26. The van der Waals surface area contributed by atoms with Gasteiger partial charge in [-0.05, 0) is 69.4 Å². The summed E-state index contributed by atoms with van der Waals surface area (Å²) in [4.78, 5) is 35.8. The van der Waals surface area contributed by atoms with Crippen LogP contribution in [0, 0.1) is 11.8 Å². The minimum atomic E-state index is -0.786. The molecule has 0 unspecified atom stereocenters. The third-order valence-electron chi connectivity index (χ3n) is 6.46. The van der Waals surface area contributed by atoms with Gasteiger partial charge in [-0.3, -0.25) is 9.59 Å². The summed E-state index contributed by atoms with van der Waals surface area (Å²) in [5.41, 5.74) is 1.80. The van der Waals surface area contributed by atoms with Gasteiger partial charge < -0.3 is 19.6 Å². The second-order valence-electron chi connectivity index (χ2n) is 8.54. The number of halogens is 1. The average molecular weight is 448 g/mol. The van der Waals surface area contributed by atoms with E-state index in [1.54, 1.807) is 19.1 Å². The van der Waals surface area contributed by atoms with Crippen molar-refractivity contribution in [3.63, 3.8) is 0 Å². The molecule has 2 aliphatic rings. The van der Waals surface area contributed by atoms with Crippen LogP contribution in [-0.4, -0.2) is 29.6 Å². The number of carbonyl (C=O) groups excluding carboxylic acids is 1. The molecule has 31 heavy (non-hydrogen) atoms. The normalized spacial score (nSPS) is 21.5. The molecule has 1 fully saturated rings. The van der Waals surface area contributed by atoms with Crippen molar-refractivity contribution < 1.29 is 23.8 Å². The number of hydrogen-bond donors (Lipinski definition) is 2. The maximum atomic E-state index is 12.5. The Bertz CT molecular complexity index is 1070. The molecular formula is C23H26ClNO6.